The van der Waals surface area contributed by atoms with Gasteiger partial charge in [0.25, 0.3) is 20.2 Å². The Kier molecular flexibility index (Phi) is 13.4. The highest BCUT2D eigenvalue weighted by molar-refractivity contribution is 7.89. The maximum Gasteiger partial charge on any atom is 0.297 e. The normalized spacial score (nSPS) is 12.8. The lowest BCUT2D eigenvalue weighted by Crippen LogP contribution is -2.39. The molecule has 0 saturated carbocycles. The van der Waals surface area contributed by atoms with E-state index in [0.717, 1.165) is 19.7 Å². The van der Waals surface area contributed by atoms with Crippen molar-refractivity contribution in [3.63, 3.8) is 0 Å². The van der Waals surface area contributed by atoms with Crippen LogP contribution in [0.2, 0.25) is 0 Å². The standard InChI is InChI=1S/C35H42N2O10S4/c1-28-14-18-32(19-15-28)48(38,39)36(24-26-46-50(42,43)34-12-7-5-10-30(34)3)22-9-23-37(49(40,41)33-20-16-29(2)17-21-33)25-27-47-51(44,45)35-13-8-6-11-31(35)4/h5-8,10-21H,9,22-27H2,1-4H3. The summed E-state index contributed by atoms with van der Waals surface area (Å²) in [4.78, 5) is -0.147. The van der Waals surface area contributed by atoms with Crippen LogP contribution in [0.15, 0.2) is 117 Å². The highest BCUT2D eigenvalue weighted by Gasteiger charge is 2.29. The first-order valence-corrected chi connectivity index (χ1v) is 21.7. The third-order valence-corrected chi connectivity index (χ3v) is 14.8. The average molecular weight is 779 g/mol. The summed E-state index contributed by atoms with van der Waals surface area (Å²) < 4.78 is 119. The van der Waals surface area contributed by atoms with E-state index in [4.69, 9.17) is 8.37 Å². The van der Waals surface area contributed by atoms with E-state index in [1.165, 1.54) is 36.4 Å². The van der Waals surface area contributed by atoms with Gasteiger partial charge in [0.15, 0.2) is 0 Å². The van der Waals surface area contributed by atoms with Crippen molar-refractivity contribution >= 4 is 40.3 Å². The topological polar surface area (TPSA) is 162 Å². The molecule has 51 heavy (non-hydrogen) atoms. The Hall–Kier alpha value is -3.48. The molecule has 0 aliphatic heterocycles. The SMILES string of the molecule is Cc1ccc(S(=O)(=O)N(CCCN(CCOS(=O)(=O)c2ccccc2C)S(=O)(=O)c2ccc(C)cc2)CCOS(=O)(=O)c2ccccc2C)cc1. The zero-order valence-corrected chi connectivity index (χ0v) is 32.1. The molecule has 4 aromatic rings. The predicted octanol–water partition coefficient (Wildman–Crippen LogP) is 4.80. The molecule has 4 rings (SSSR count). The predicted molar refractivity (Wildman–Crippen MR) is 193 cm³/mol. The maximum atomic E-state index is 13.8. The number of hydrogen-bond acceptors (Lipinski definition) is 10. The third-order valence-electron chi connectivity index (χ3n) is 8.02. The second kappa shape index (κ2) is 16.9. The minimum atomic E-state index is -4.21. The average Bonchev–Trinajstić information content (AvgIpc) is 3.07. The molecule has 16 heteroatoms. The molecule has 0 spiro atoms. The van der Waals surface area contributed by atoms with Crippen LogP contribution in [-0.2, 0) is 48.6 Å². The molecular formula is C35H42N2O10S4. The molecule has 0 atom stereocenters. The molecule has 0 amide bonds. The lowest BCUT2D eigenvalue weighted by atomic mass is 10.2. The van der Waals surface area contributed by atoms with Gasteiger partial charge in [0.05, 0.1) is 32.8 Å². The monoisotopic (exact) mass is 778 g/mol. The quantitative estimate of drug-likeness (QED) is 0.128. The van der Waals surface area contributed by atoms with Gasteiger partial charge in [-0.05, 0) is 81.6 Å². The van der Waals surface area contributed by atoms with Gasteiger partial charge >= 0.3 is 0 Å². The van der Waals surface area contributed by atoms with Crippen molar-refractivity contribution in [3.8, 4) is 0 Å². The van der Waals surface area contributed by atoms with E-state index >= 15 is 0 Å². The van der Waals surface area contributed by atoms with Crippen molar-refractivity contribution < 1.29 is 42.0 Å². The van der Waals surface area contributed by atoms with Gasteiger partial charge in [-0.1, -0.05) is 71.8 Å². The molecule has 0 unspecified atom stereocenters. The van der Waals surface area contributed by atoms with Gasteiger partial charge in [0, 0.05) is 26.2 Å². The van der Waals surface area contributed by atoms with Gasteiger partial charge < -0.3 is 0 Å². The maximum absolute atomic E-state index is 13.8. The van der Waals surface area contributed by atoms with Crippen molar-refractivity contribution in [1.82, 2.24) is 8.61 Å². The zero-order chi connectivity index (χ0) is 37.5. The number of sulfonamides is 2. The lowest BCUT2D eigenvalue weighted by molar-refractivity contribution is 0.258. The van der Waals surface area contributed by atoms with Crippen LogP contribution in [0, 0.1) is 27.7 Å². The van der Waals surface area contributed by atoms with Crippen LogP contribution in [0.3, 0.4) is 0 Å². The van der Waals surface area contributed by atoms with Crippen molar-refractivity contribution in [2.75, 3.05) is 39.4 Å². The van der Waals surface area contributed by atoms with Gasteiger partial charge in [0.1, 0.15) is 0 Å². The van der Waals surface area contributed by atoms with Gasteiger partial charge in [-0.15, -0.1) is 0 Å². The van der Waals surface area contributed by atoms with Crippen molar-refractivity contribution in [3.05, 3.63) is 119 Å². The highest BCUT2D eigenvalue weighted by atomic mass is 32.2. The van der Waals surface area contributed by atoms with E-state index in [9.17, 15) is 33.7 Å². The van der Waals surface area contributed by atoms with E-state index in [1.807, 2.05) is 0 Å². The van der Waals surface area contributed by atoms with Crippen LogP contribution in [0.25, 0.3) is 0 Å². The van der Waals surface area contributed by atoms with Crippen LogP contribution >= 0.6 is 0 Å². The minimum absolute atomic E-state index is 0.0335. The smallest absolute Gasteiger partial charge is 0.265 e. The Labute approximate surface area is 302 Å². The Balaban J connectivity index is 1.55. The molecule has 12 nitrogen and oxygen atoms in total. The second-order valence-electron chi connectivity index (χ2n) is 11.9. The summed E-state index contributed by atoms with van der Waals surface area (Å²) in [5, 5.41) is 0. The molecule has 0 N–H and O–H groups in total. The molecule has 0 aliphatic rings. The van der Waals surface area contributed by atoms with E-state index in [1.54, 1.807) is 88.4 Å². The van der Waals surface area contributed by atoms with Crippen LogP contribution in [0.4, 0.5) is 0 Å². The lowest BCUT2D eigenvalue weighted by Gasteiger charge is -2.25. The zero-order valence-electron chi connectivity index (χ0n) is 28.8. The first-order chi connectivity index (χ1) is 23.9. The highest BCUT2D eigenvalue weighted by Crippen LogP contribution is 2.22. The van der Waals surface area contributed by atoms with Crippen molar-refractivity contribution in [2.45, 2.75) is 53.7 Å². The van der Waals surface area contributed by atoms with E-state index in [2.05, 4.69) is 0 Å². The van der Waals surface area contributed by atoms with Crippen molar-refractivity contribution in [2.24, 2.45) is 0 Å². The van der Waals surface area contributed by atoms with E-state index in [0.29, 0.717) is 11.1 Å². The molecule has 0 aliphatic carbocycles. The fraction of sp³-hybridized carbons (Fsp3) is 0.314. The number of benzene rings is 4. The Bertz CT molecular complexity index is 2080. The van der Waals surface area contributed by atoms with Gasteiger partial charge in [0.2, 0.25) is 20.0 Å². The third kappa shape index (κ3) is 10.3. The second-order valence-corrected chi connectivity index (χ2v) is 18.9. The van der Waals surface area contributed by atoms with Gasteiger partial charge in [-0.3, -0.25) is 8.37 Å². The van der Waals surface area contributed by atoms with Gasteiger partial charge in [-0.2, -0.15) is 25.4 Å². The van der Waals surface area contributed by atoms with Crippen LogP contribution in [0.1, 0.15) is 28.7 Å². The summed E-state index contributed by atoms with van der Waals surface area (Å²) in [5.74, 6) is 0. The Morgan fingerprint density at radius 3 is 1.12 bits per heavy atom. The largest absolute Gasteiger partial charge is 0.297 e. The summed E-state index contributed by atoms with van der Waals surface area (Å²) in [5.41, 5.74) is 2.59. The Morgan fingerprint density at radius 2 is 0.784 bits per heavy atom. The van der Waals surface area contributed by atoms with Crippen molar-refractivity contribution in [1.29, 1.82) is 0 Å². The van der Waals surface area contributed by atoms with Gasteiger partial charge in [-0.25, -0.2) is 16.8 Å². The molecule has 276 valence electrons. The summed E-state index contributed by atoms with van der Waals surface area (Å²) in [6.07, 6.45) is -0.0364. The van der Waals surface area contributed by atoms with Crippen LogP contribution in [0.5, 0.6) is 0 Å². The van der Waals surface area contributed by atoms with Crippen LogP contribution in [-0.4, -0.2) is 81.7 Å². The number of rotatable bonds is 18. The molecular weight excluding hydrogens is 737 g/mol. The van der Waals surface area contributed by atoms with E-state index < -0.39 is 53.5 Å². The molecule has 0 saturated heterocycles. The molecule has 4 aromatic carbocycles. The van der Waals surface area contributed by atoms with Crippen LogP contribution < -0.4 is 0 Å². The fourth-order valence-electron chi connectivity index (χ4n) is 5.14. The summed E-state index contributed by atoms with van der Waals surface area (Å²) in [6.45, 7) is 4.69. The molecule has 0 fully saturated rings. The first-order valence-electron chi connectivity index (χ1n) is 16.0. The molecule has 0 radical (unpaired) electrons. The first kappa shape index (κ1) is 40.3. The number of aryl methyl sites for hydroxylation is 4. The minimum Gasteiger partial charge on any atom is -0.265 e. The number of hydrogen-bond donors (Lipinski definition) is 0. The summed E-state index contributed by atoms with van der Waals surface area (Å²) in [7, 11) is -16.8. The summed E-state index contributed by atoms with van der Waals surface area (Å²) in [6, 6.07) is 24.7. The van der Waals surface area contributed by atoms with E-state index in [-0.39, 0.29) is 52.2 Å². The summed E-state index contributed by atoms with van der Waals surface area (Å²) >= 11 is 0. The fourth-order valence-corrected chi connectivity index (χ4v) is 10.3. The molecule has 0 bridgehead atoms. The number of nitrogens with zero attached hydrogens (tertiary/aromatic N) is 2. The Morgan fingerprint density at radius 1 is 0.451 bits per heavy atom. The molecule has 0 aromatic heterocycles. The molecule has 0 heterocycles.